The summed E-state index contributed by atoms with van der Waals surface area (Å²) in [7, 11) is -4.39. The molecule has 610 valence electrons. The van der Waals surface area contributed by atoms with Crippen LogP contribution in [0.4, 0.5) is 0 Å². The van der Waals surface area contributed by atoms with Crippen molar-refractivity contribution in [3.05, 3.63) is 0 Å². The number of carbonyl (C=O) groups is 7. The summed E-state index contributed by atoms with van der Waals surface area (Å²) in [5.41, 5.74) is 0. The van der Waals surface area contributed by atoms with Gasteiger partial charge in [0.1, 0.15) is 36.6 Å². The fourth-order valence-corrected chi connectivity index (χ4v) is 14.4. The number of amides is 3. The molecule has 1 saturated heterocycles. The molecule has 0 radical (unpaired) electrons. The number of aliphatic hydroxyl groups excluding tert-OH is 1. The van der Waals surface area contributed by atoms with Crippen molar-refractivity contribution in [2.24, 2.45) is 0 Å². The molecule has 0 spiro atoms. The van der Waals surface area contributed by atoms with Crippen molar-refractivity contribution in [3.63, 3.8) is 0 Å². The molecule has 1 aliphatic rings. The van der Waals surface area contributed by atoms with Gasteiger partial charge in [0.2, 0.25) is 17.7 Å². The Labute approximate surface area is 631 Å². The highest BCUT2D eigenvalue weighted by Crippen LogP contribution is 2.42. The van der Waals surface area contributed by atoms with Crippen LogP contribution >= 0.6 is 7.82 Å². The predicted octanol–water partition coefficient (Wildman–Crippen LogP) is 18.9. The van der Waals surface area contributed by atoms with Gasteiger partial charge in [0, 0.05) is 19.3 Å². The topological polar surface area (TPSA) is 298 Å². The molecule has 1 fully saturated rings. The lowest BCUT2D eigenvalue weighted by Crippen LogP contribution is -2.70. The van der Waals surface area contributed by atoms with E-state index in [-0.39, 0.29) is 32.1 Å². The molecule has 0 bridgehead atoms. The number of esters is 4. The van der Waals surface area contributed by atoms with E-state index >= 15 is 0 Å². The van der Waals surface area contributed by atoms with E-state index in [1.165, 1.54) is 57.8 Å². The lowest BCUT2D eigenvalue weighted by Gasteiger charge is -2.46. The third-order valence-corrected chi connectivity index (χ3v) is 20.5. The molecule has 0 saturated carbocycles. The van der Waals surface area contributed by atoms with Crippen LogP contribution in [0.2, 0.25) is 0 Å². The highest BCUT2D eigenvalue weighted by Gasteiger charge is 2.51. The van der Waals surface area contributed by atoms with Gasteiger partial charge in [-0.15, -0.1) is 0 Å². The van der Waals surface area contributed by atoms with E-state index < -0.39 is 124 Å². The van der Waals surface area contributed by atoms with Crippen LogP contribution in [0.5, 0.6) is 0 Å². The monoisotopic (exact) mass is 1500 g/mol. The van der Waals surface area contributed by atoms with Crippen molar-refractivity contribution in [2.75, 3.05) is 20.3 Å². The van der Waals surface area contributed by atoms with Gasteiger partial charge in [-0.2, -0.15) is 0 Å². The number of phosphoric ester groups is 1. The van der Waals surface area contributed by atoms with Crippen molar-refractivity contribution < 1.29 is 86.0 Å². The number of aliphatic hydroxyl groups is 1. The van der Waals surface area contributed by atoms with E-state index in [0.717, 1.165) is 219 Å². The Balaban J connectivity index is 3.90. The maximum Gasteiger partial charge on any atom is 0.470 e. The second-order valence-corrected chi connectivity index (χ2v) is 31.1. The largest absolute Gasteiger partial charge is 0.470 e. The fourth-order valence-electron chi connectivity index (χ4n) is 13.8. The number of methoxy groups -OCH3 is 1. The second-order valence-electron chi connectivity index (χ2n) is 29.9. The van der Waals surface area contributed by atoms with E-state index in [1.807, 2.05) is 0 Å². The predicted molar refractivity (Wildman–Crippen MR) is 413 cm³/mol. The minimum atomic E-state index is -5.51. The molecule has 2 unspecified atom stereocenters. The minimum absolute atomic E-state index is 0.154. The first-order chi connectivity index (χ1) is 50.4. The molecule has 22 heteroatoms. The van der Waals surface area contributed by atoms with Gasteiger partial charge in [-0.25, -0.2) is 9.36 Å². The summed E-state index contributed by atoms with van der Waals surface area (Å²) in [5, 5.41) is 19.4. The van der Waals surface area contributed by atoms with Gasteiger partial charge >= 0.3 is 31.7 Å². The lowest BCUT2D eigenvalue weighted by atomic mass is 9.93. The summed E-state index contributed by atoms with van der Waals surface area (Å²) < 4.78 is 54.5. The minimum Gasteiger partial charge on any atom is -0.467 e. The zero-order chi connectivity index (χ0) is 76.5. The average Bonchev–Trinajstić information content (AvgIpc) is 0.780. The Hall–Kier alpha value is -3.72. The average molecular weight is 1500 g/mol. The third kappa shape index (κ3) is 54.8. The van der Waals surface area contributed by atoms with E-state index in [2.05, 4.69) is 57.5 Å². The Morgan fingerprint density at radius 3 is 0.962 bits per heavy atom. The molecule has 0 aromatic carbocycles. The molecule has 0 aromatic heterocycles. The van der Waals surface area contributed by atoms with Gasteiger partial charge in [0.15, 0.2) is 12.3 Å². The van der Waals surface area contributed by atoms with E-state index in [0.29, 0.717) is 57.8 Å². The van der Waals surface area contributed by atoms with Crippen LogP contribution in [0.1, 0.15) is 408 Å². The Morgan fingerprint density at radius 2 is 0.673 bits per heavy atom. The van der Waals surface area contributed by atoms with Crippen molar-refractivity contribution in [1.82, 2.24) is 16.0 Å². The number of hydrogen-bond donors (Lipinski definition) is 6. The number of rotatable bonds is 73. The highest BCUT2D eigenvalue weighted by atomic mass is 31.2. The summed E-state index contributed by atoms with van der Waals surface area (Å²) >= 11 is 0. The molecule has 21 nitrogen and oxygen atoms in total. The van der Waals surface area contributed by atoms with E-state index in [4.69, 9.17) is 32.9 Å². The molecule has 0 aliphatic carbocycles. The van der Waals surface area contributed by atoms with E-state index in [1.54, 1.807) is 0 Å². The van der Waals surface area contributed by atoms with Crippen LogP contribution < -0.4 is 16.0 Å². The summed E-state index contributed by atoms with van der Waals surface area (Å²) in [6, 6.07) is -4.86. The molecular weight excluding hydrogens is 1350 g/mol. The third-order valence-electron chi connectivity index (χ3n) is 20.0. The van der Waals surface area contributed by atoms with Crippen LogP contribution in [0, 0.1) is 0 Å². The number of unbranched alkanes of at least 4 members (excludes halogenated alkanes) is 42. The molecule has 6 N–H and O–H groups in total. The smallest absolute Gasteiger partial charge is 0.467 e. The Bertz CT molecular complexity index is 2190. The van der Waals surface area contributed by atoms with Crippen LogP contribution in [-0.2, 0) is 71.1 Å². The van der Waals surface area contributed by atoms with Gasteiger partial charge < -0.3 is 59.3 Å². The van der Waals surface area contributed by atoms with Crippen LogP contribution in [0.3, 0.4) is 0 Å². The zero-order valence-corrected chi connectivity index (χ0v) is 67.7. The van der Waals surface area contributed by atoms with Crippen molar-refractivity contribution in [1.29, 1.82) is 0 Å². The summed E-state index contributed by atoms with van der Waals surface area (Å²) in [6.07, 6.45) is 41.8. The molecule has 3 amide bonds. The molecule has 104 heavy (non-hydrogen) atoms. The first-order valence-corrected chi connectivity index (χ1v) is 44.1. The summed E-state index contributed by atoms with van der Waals surface area (Å²) in [4.78, 5) is 120. The first-order valence-electron chi connectivity index (χ1n) is 42.5. The van der Waals surface area contributed by atoms with Gasteiger partial charge in [-0.1, -0.05) is 311 Å². The zero-order valence-electron chi connectivity index (χ0n) is 66.8. The maximum atomic E-state index is 14.9. The number of phosphoric acid groups is 1. The van der Waals surface area contributed by atoms with Gasteiger partial charge in [0.05, 0.1) is 45.6 Å². The van der Waals surface area contributed by atoms with Crippen molar-refractivity contribution in [3.8, 4) is 0 Å². The van der Waals surface area contributed by atoms with Gasteiger partial charge in [0.25, 0.3) is 0 Å². The van der Waals surface area contributed by atoms with Crippen molar-refractivity contribution in [2.45, 2.75) is 462 Å². The number of nitrogens with one attached hydrogen (secondary N) is 3. The quantitative estimate of drug-likeness (QED) is 0.0143. The molecule has 9 atom stereocenters. The van der Waals surface area contributed by atoms with Crippen LogP contribution in [0.15, 0.2) is 0 Å². The summed E-state index contributed by atoms with van der Waals surface area (Å²) in [5.74, 6) is -4.39. The Morgan fingerprint density at radius 1 is 0.394 bits per heavy atom. The normalized spacial score (nSPS) is 17.2. The molecule has 1 aliphatic heterocycles. The SMILES string of the molecule is CCCCCCCCCCC[C@H](CC(=O)NC1[C@H](OC[C@H](NC(=O)C[C@@H](CCCCCCCCCCC)OC(=O)CCCCCCCCC)C(=O)OC)OC(CO)[C@@H](OP(=O)(O)O)[C@@H]1NC(=O)C[C@@H](CCCCCCCCCCC)OC(=O)CCCCCCCCC)OC(=O)CCCCCCCCC. The van der Waals surface area contributed by atoms with Gasteiger partial charge in [-0.05, 0) is 57.8 Å². The van der Waals surface area contributed by atoms with Crippen molar-refractivity contribution >= 4 is 49.4 Å². The number of carbonyl (C=O) groups excluding carboxylic acids is 7. The number of hydrogen-bond acceptors (Lipinski definition) is 16. The Kier molecular flexibility index (Phi) is 63.7. The first kappa shape index (κ1) is 98.3. The lowest BCUT2D eigenvalue weighted by molar-refractivity contribution is -0.249. The maximum absolute atomic E-state index is 14.9. The van der Waals surface area contributed by atoms with Gasteiger partial charge in [-0.3, -0.25) is 33.3 Å². The summed E-state index contributed by atoms with van der Waals surface area (Å²) in [6.45, 7) is 11.4. The highest BCUT2D eigenvalue weighted by molar-refractivity contribution is 7.46. The number of ether oxygens (including phenoxy) is 6. The second kappa shape index (κ2) is 67.4. The molecule has 0 aromatic rings. The van der Waals surface area contributed by atoms with Crippen LogP contribution in [-0.4, -0.2) is 132 Å². The van der Waals surface area contributed by atoms with Crippen LogP contribution in [0.25, 0.3) is 0 Å². The fraction of sp³-hybridized carbons (Fsp3) is 0.915. The van der Waals surface area contributed by atoms with E-state index in [9.17, 15) is 53.0 Å². The molecule has 1 rings (SSSR count). The molecule has 1 heterocycles. The molecular formula is C82H154N3O18P. The standard InChI is InChI=1S/C82H154N3O18P/c1-8-14-20-26-32-35-41-44-50-56-67(99-75(90)59-53-47-38-29-23-17-11-4)62-72(87)83-70(81(93)97-7)66-98-82-79(85-74(89)64-69(58-52-46-43-37-34-28-22-16-10-3)101-77(92)61-55-49-40-31-25-19-13-6)78(80(71(65-86)102-82)103-104(94,95)96)84-73(88)63-68(57-51-45-42-36-33-27-21-15-9-2)100-76(91)60-54-48-39-30-24-18-12-5/h67-71,78-80,82,86H,8-66H2,1-7H3,(H,83,87)(H,84,88)(H,85,89)(H2,94,95,96)/t67-,68-,69-,70+,71?,78-,79?,80-,82-/m1/s1.